The molecule has 2 aliphatic carbocycles. The third-order valence-electron chi connectivity index (χ3n) is 6.72. The number of benzene rings is 2. The van der Waals surface area contributed by atoms with Crippen LogP contribution in [0.3, 0.4) is 0 Å². The molecule has 0 spiro atoms. The Morgan fingerprint density at radius 1 is 0.929 bits per heavy atom. The first kappa shape index (κ1) is 19.4. The number of halogens is 2. The van der Waals surface area contributed by atoms with Crippen LogP contribution >= 0.6 is 0 Å². The highest BCUT2D eigenvalue weighted by atomic mass is 19.1. The van der Waals surface area contributed by atoms with Gasteiger partial charge in [0.1, 0.15) is 11.6 Å². The minimum Gasteiger partial charge on any atom is -0.207 e. The van der Waals surface area contributed by atoms with Gasteiger partial charge in [-0.1, -0.05) is 50.5 Å². The highest BCUT2D eigenvalue weighted by Crippen LogP contribution is 2.39. The molecule has 0 N–H and O–H groups in total. The molecule has 0 atom stereocenters. The predicted molar refractivity (Wildman–Crippen MR) is 113 cm³/mol. The van der Waals surface area contributed by atoms with E-state index in [1.807, 2.05) is 12.1 Å². The van der Waals surface area contributed by atoms with Gasteiger partial charge in [0.25, 0.3) is 0 Å². The molecule has 28 heavy (non-hydrogen) atoms. The Labute approximate surface area is 167 Å². The summed E-state index contributed by atoms with van der Waals surface area (Å²) >= 11 is 0. The maximum absolute atomic E-state index is 15.0. The zero-order valence-electron chi connectivity index (χ0n) is 16.8. The Hall–Kier alpha value is -1.96. The van der Waals surface area contributed by atoms with E-state index in [2.05, 4.69) is 13.0 Å². The molecule has 0 bridgehead atoms. The smallest absolute Gasteiger partial charge is 0.130 e. The van der Waals surface area contributed by atoms with Gasteiger partial charge >= 0.3 is 0 Å². The van der Waals surface area contributed by atoms with Crippen LogP contribution in [0, 0.1) is 17.6 Å². The standard InChI is InChI=1S/C26H30F2/c1-2-3-4-18-5-7-19(8-6-18)22-12-14-25(26(28)17-22)23-10-9-21-16-24(27)13-11-20(21)15-23/h11-19H,2-10H2,1H3. The molecule has 1 fully saturated rings. The summed E-state index contributed by atoms with van der Waals surface area (Å²) in [5, 5.41) is 0. The molecule has 0 amide bonds. The van der Waals surface area contributed by atoms with Crippen molar-refractivity contribution in [2.75, 3.05) is 0 Å². The molecule has 4 rings (SSSR count). The fraction of sp³-hybridized carbons (Fsp3) is 0.462. The van der Waals surface area contributed by atoms with Crippen LogP contribution in [0.2, 0.25) is 0 Å². The number of unbranched alkanes of at least 4 members (excludes halogenated alkanes) is 1. The van der Waals surface area contributed by atoms with Gasteiger partial charge in [-0.25, -0.2) is 8.78 Å². The van der Waals surface area contributed by atoms with E-state index >= 15 is 0 Å². The molecular formula is C26H30F2. The molecule has 0 radical (unpaired) electrons. The Balaban J connectivity index is 1.48. The second-order valence-electron chi connectivity index (χ2n) is 8.61. The normalized spacial score (nSPS) is 21.9. The molecule has 0 nitrogen and oxygen atoms in total. The third kappa shape index (κ3) is 4.21. The van der Waals surface area contributed by atoms with Crippen LogP contribution in [-0.4, -0.2) is 0 Å². The van der Waals surface area contributed by atoms with Crippen molar-refractivity contribution in [3.63, 3.8) is 0 Å². The molecule has 2 aromatic rings. The van der Waals surface area contributed by atoms with Crippen molar-refractivity contribution in [1.82, 2.24) is 0 Å². The number of rotatable bonds is 5. The van der Waals surface area contributed by atoms with Crippen molar-refractivity contribution in [3.8, 4) is 0 Å². The Morgan fingerprint density at radius 3 is 2.50 bits per heavy atom. The third-order valence-corrected chi connectivity index (χ3v) is 6.72. The summed E-state index contributed by atoms with van der Waals surface area (Å²) in [6.07, 6.45) is 12.5. The first-order valence-corrected chi connectivity index (χ1v) is 10.9. The molecule has 2 aliphatic rings. The number of aryl methyl sites for hydroxylation is 1. The molecule has 1 saturated carbocycles. The van der Waals surface area contributed by atoms with Gasteiger partial charge in [0.2, 0.25) is 0 Å². The molecule has 0 aromatic heterocycles. The fourth-order valence-corrected chi connectivity index (χ4v) is 5.00. The van der Waals surface area contributed by atoms with E-state index in [9.17, 15) is 8.78 Å². The lowest BCUT2D eigenvalue weighted by Gasteiger charge is -2.29. The van der Waals surface area contributed by atoms with E-state index < -0.39 is 0 Å². The first-order chi connectivity index (χ1) is 13.6. The van der Waals surface area contributed by atoms with Crippen LogP contribution in [0.5, 0.6) is 0 Å². The van der Waals surface area contributed by atoms with Crippen LogP contribution in [0.1, 0.15) is 86.5 Å². The molecule has 0 unspecified atom stereocenters. The summed E-state index contributed by atoms with van der Waals surface area (Å²) < 4.78 is 28.4. The number of allylic oxidation sites excluding steroid dienone is 1. The van der Waals surface area contributed by atoms with Gasteiger partial charge in [-0.15, -0.1) is 0 Å². The van der Waals surface area contributed by atoms with E-state index in [-0.39, 0.29) is 11.6 Å². The van der Waals surface area contributed by atoms with E-state index in [4.69, 9.17) is 0 Å². The average Bonchev–Trinajstić information content (AvgIpc) is 2.72. The lowest BCUT2D eigenvalue weighted by atomic mass is 9.76. The molecule has 2 heteroatoms. The Bertz CT molecular complexity index is 857. The van der Waals surface area contributed by atoms with Gasteiger partial charge in [0, 0.05) is 5.56 Å². The van der Waals surface area contributed by atoms with Crippen LogP contribution in [0.15, 0.2) is 36.4 Å². The average molecular weight is 381 g/mol. The van der Waals surface area contributed by atoms with Crippen molar-refractivity contribution in [2.24, 2.45) is 5.92 Å². The van der Waals surface area contributed by atoms with Crippen LogP contribution < -0.4 is 0 Å². The summed E-state index contributed by atoms with van der Waals surface area (Å²) in [6, 6.07) is 10.7. The fourth-order valence-electron chi connectivity index (χ4n) is 5.00. The number of hydrogen-bond donors (Lipinski definition) is 0. The summed E-state index contributed by atoms with van der Waals surface area (Å²) in [5.74, 6) is 1.07. The second kappa shape index (κ2) is 8.59. The minimum atomic E-state index is -0.199. The topological polar surface area (TPSA) is 0 Å². The van der Waals surface area contributed by atoms with Gasteiger partial charge < -0.3 is 0 Å². The minimum absolute atomic E-state index is 0.109. The zero-order valence-corrected chi connectivity index (χ0v) is 16.8. The molecule has 0 saturated heterocycles. The van der Waals surface area contributed by atoms with Crippen LogP contribution in [0.25, 0.3) is 11.6 Å². The predicted octanol–water partition coefficient (Wildman–Crippen LogP) is 7.92. The summed E-state index contributed by atoms with van der Waals surface area (Å²) in [7, 11) is 0. The summed E-state index contributed by atoms with van der Waals surface area (Å²) in [5.41, 5.74) is 4.91. The van der Waals surface area contributed by atoms with Crippen molar-refractivity contribution >= 4 is 11.6 Å². The first-order valence-electron chi connectivity index (χ1n) is 10.9. The highest BCUT2D eigenvalue weighted by molar-refractivity contribution is 5.84. The van der Waals surface area contributed by atoms with Crippen LogP contribution in [-0.2, 0) is 6.42 Å². The van der Waals surface area contributed by atoms with Crippen LogP contribution in [0.4, 0.5) is 8.78 Å². The summed E-state index contributed by atoms with van der Waals surface area (Å²) in [4.78, 5) is 0. The maximum Gasteiger partial charge on any atom is 0.130 e. The monoisotopic (exact) mass is 380 g/mol. The van der Waals surface area contributed by atoms with Gasteiger partial charge in [-0.3, -0.25) is 0 Å². The van der Waals surface area contributed by atoms with E-state index in [1.165, 1.54) is 51.0 Å². The van der Waals surface area contributed by atoms with Crippen molar-refractivity contribution in [2.45, 2.75) is 70.6 Å². The van der Waals surface area contributed by atoms with E-state index in [1.54, 1.807) is 18.2 Å². The van der Waals surface area contributed by atoms with Gasteiger partial charge in [-0.2, -0.15) is 0 Å². The molecule has 2 aromatic carbocycles. The Kier molecular flexibility index (Phi) is 5.94. The summed E-state index contributed by atoms with van der Waals surface area (Å²) in [6.45, 7) is 2.26. The zero-order chi connectivity index (χ0) is 19.5. The lowest BCUT2D eigenvalue weighted by molar-refractivity contribution is 0.304. The SMILES string of the molecule is CCCCC1CCC(c2ccc(C3=Cc4ccc(F)cc4CC3)c(F)c2)CC1. The highest BCUT2D eigenvalue weighted by Gasteiger charge is 2.23. The largest absolute Gasteiger partial charge is 0.207 e. The molecular weight excluding hydrogens is 350 g/mol. The van der Waals surface area contributed by atoms with Crippen molar-refractivity contribution < 1.29 is 8.78 Å². The van der Waals surface area contributed by atoms with Gasteiger partial charge in [0.15, 0.2) is 0 Å². The van der Waals surface area contributed by atoms with Crippen molar-refractivity contribution in [1.29, 1.82) is 0 Å². The second-order valence-corrected chi connectivity index (χ2v) is 8.61. The maximum atomic E-state index is 15.0. The quantitative estimate of drug-likeness (QED) is 0.494. The number of fused-ring (bicyclic) bond motifs is 1. The lowest BCUT2D eigenvalue weighted by Crippen LogP contribution is -2.13. The van der Waals surface area contributed by atoms with E-state index in [0.29, 0.717) is 11.5 Å². The van der Waals surface area contributed by atoms with Crippen molar-refractivity contribution in [3.05, 3.63) is 70.3 Å². The van der Waals surface area contributed by atoms with E-state index in [0.717, 1.165) is 41.0 Å². The molecule has 0 aliphatic heterocycles. The molecule has 0 heterocycles. The van der Waals surface area contributed by atoms with Gasteiger partial charge in [-0.05, 0) is 90.8 Å². The Morgan fingerprint density at radius 2 is 1.75 bits per heavy atom. The van der Waals surface area contributed by atoms with Gasteiger partial charge in [0.05, 0.1) is 0 Å². The number of hydrogen-bond acceptors (Lipinski definition) is 0. The molecule has 148 valence electrons.